The van der Waals surface area contributed by atoms with Crippen LogP contribution in [0, 0.1) is 0 Å². The summed E-state index contributed by atoms with van der Waals surface area (Å²) in [6.45, 7) is 3.21. The minimum Gasteiger partial charge on any atom is -0.486 e. The quantitative estimate of drug-likeness (QED) is 0.449. The zero-order valence-electron chi connectivity index (χ0n) is 17.0. The molecule has 2 heterocycles. The summed E-state index contributed by atoms with van der Waals surface area (Å²) in [4.78, 5) is 37.0. The third kappa shape index (κ3) is 4.77. The van der Waals surface area contributed by atoms with Crippen molar-refractivity contribution in [3.63, 3.8) is 0 Å². The number of imide groups is 1. The molecule has 1 fully saturated rings. The fourth-order valence-corrected chi connectivity index (χ4v) is 4.48. The maximum Gasteiger partial charge on any atom is 0.322 e. The molecular formula is C22H23N3O5S. The van der Waals surface area contributed by atoms with E-state index in [9.17, 15) is 14.4 Å². The van der Waals surface area contributed by atoms with Crippen LogP contribution < -0.4 is 25.4 Å². The molecule has 0 saturated carbocycles. The number of nitrogens with one attached hydrogen (secondary N) is 3. The van der Waals surface area contributed by atoms with Crippen molar-refractivity contribution in [2.45, 2.75) is 23.8 Å². The Kier molecular flexibility index (Phi) is 6.03. The maximum atomic E-state index is 12.8. The number of benzene rings is 2. The third-order valence-corrected chi connectivity index (χ3v) is 6.46. The number of ether oxygens (including phenoxy) is 2. The van der Waals surface area contributed by atoms with Gasteiger partial charge in [-0.3, -0.25) is 14.9 Å². The molecule has 1 atom stereocenters. The highest BCUT2D eigenvalue weighted by atomic mass is 32.2. The average Bonchev–Trinajstić information content (AvgIpc) is 3.03. The van der Waals surface area contributed by atoms with Gasteiger partial charge in [0.25, 0.3) is 11.8 Å². The van der Waals surface area contributed by atoms with Gasteiger partial charge < -0.3 is 20.1 Å². The van der Waals surface area contributed by atoms with Crippen LogP contribution in [-0.2, 0) is 11.2 Å². The SMILES string of the molecule is C[C@@]1(CSc2ccccc2C(=O)NCCc2ccc3c(c2)OCCO3)NC(=O)NC1=O. The topological polar surface area (TPSA) is 106 Å². The minimum absolute atomic E-state index is 0.189. The summed E-state index contributed by atoms with van der Waals surface area (Å²) in [5.74, 6) is 1.22. The minimum atomic E-state index is -1.01. The van der Waals surface area contributed by atoms with E-state index in [0.717, 1.165) is 22.0 Å². The molecule has 0 aromatic heterocycles. The second-order valence-electron chi connectivity index (χ2n) is 7.51. The first-order valence-electron chi connectivity index (χ1n) is 9.97. The van der Waals surface area contributed by atoms with Gasteiger partial charge in [0, 0.05) is 17.2 Å². The maximum absolute atomic E-state index is 12.8. The Morgan fingerprint density at radius 3 is 2.68 bits per heavy atom. The lowest BCUT2D eigenvalue weighted by molar-refractivity contribution is -0.122. The molecule has 3 N–H and O–H groups in total. The van der Waals surface area contributed by atoms with Crippen molar-refractivity contribution in [2.24, 2.45) is 0 Å². The summed E-state index contributed by atoms with van der Waals surface area (Å²) >= 11 is 1.36. The van der Waals surface area contributed by atoms with E-state index in [1.54, 1.807) is 19.1 Å². The van der Waals surface area contributed by atoms with Gasteiger partial charge in [-0.15, -0.1) is 11.8 Å². The summed E-state index contributed by atoms with van der Waals surface area (Å²) in [6.07, 6.45) is 0.655. The van der Waals surface area contributed by atoms with Gasteiger partial charge in [-0.25, -0.2) is 4.79 Å². The van der Waals surface area contributed by atoms with Gasteiger partial charge in [0.05, 0.1) is 5.56 Å². The summed E-state index contributed by atoms with van der Waals surface area (Å²) in [6, 6.07) is 12.5. The van der Waals surface area contributed by atoms with Crippen molar-refractivity contribution in [1.29, 1.82) is 0 Å². The zero-order chi connectivity index (χ0) is 21.8. The van der Waals surface area contributed by atoms with Crippen molar-refractivity contribution >= 4 is 29.6 Å². The molecule has 4 amide bonds. The van der Waals surface area contributed by atoms with E-state index in [2.05, 4.69) is 16.0 Å². The largest absolute Gasteiger partial charge is 0.486 e. The number of hydrogen-bond donors (Lipinski definition) is 3. The van der Waals surface area contributed by atoms with Gasteiger partial charge in [0.15, 0.2) is 11.5 Å². The molecule has 31 heavy (non-hydrogen) atoms. The molecule has 4 rings (SSSR count). The lowest BCUT2D eigenvalue weighted by Crippen LogP contribution is -2.46. The molecule has 2 aliphatic heterocycles. The van der Waals surface area contributed by atoms with Crippen molar-refractivity contribution in [2.75, 3.05) is 25.5 Å². The zero-order valence-corrected chi connectivity index (χ0v) is 17.8. The van der Waals surface area contributed by atoms with E-state index in [1.807, 2.05) is 30.3 Å². The second kappa shape index (κ2) is 8.89. The van der Waals surface area contributed by atoms with Crippen molar-refractivity contribution in [3.8, 4) is 11.5 Å². The average molecular weight is 442 g/mol. The van der Waals surface area contributed by atoms with Crippen LogP contribution in [-0.4, -0.2) is 48.9 Å². The number of thioether (sulfide) groups is 1. The van der Waals surface area contributed by atoms with Crippen LogP contribution in [0.15, 0.2) is 47.4 Å². The Balaban J connectivity index is 1.35. The standard InChI is InChI=1S/C22H23N3O5S/c1-22(20(27)24-21(28)25-22)13-31-18-5-3-2-4-15(18)19(26)23-9-8-14-6-7-16-17(12-14)30-11-10-29-16/h2-7,12H,8-11,13H2,1H3,(H,23,26)(H2,24,25,27,28)/t22-/m0/s1. The molecular weight excluding hydrogens is 418 g/mol. The molecule has 9 heteroatoms. The summed E-state index contributed by atoms with van der Waals surface area (Å²) in [5.41, 5.74) is 0.565. The van der Waals surface area contributed by atoms with Crippen LogP contribution in [0.25, 0.3) is 0 Å². The van der Waals surface area contributed by atoms with Gasteiger partial charge in [0.2, 0.25) is 0 Å². The number of hydrogen-bond acceptors (Lipinski definition) is 6. The Morgan fingerprint density at radius 1 is 1.13 bits per heavy atom. The fraction of sp³-hybridized carbons (Fsp3) is 0.318. The Labute approximate surface area is 184 Å². The number of fused-ring (bicyclic) bond motifs is 1. The molecule has 8 nitrogen and oxygen atoms in total. The van der Waals surface area contributed by atoms with Gasteiger partial charge in [-0.2, -0.15) is 0 Å². The van der Waals surface area contributed by atoms with Gasteiger partial charge in [-0.1, -0.05) is 18.2 Å². The van der Waals surface area contributed by atoms with Crippen LogP contribution in [0.5, 0.6) is 11.5 Å². The number of amides is 4. The van der Waals surface area contributed by atoms with Crippen LogP contribution >= 0.6 is 11.8 Å². The Bertz CT molecular complexity index is 1030. The Hall–Kier alpha value is -3.20. The molecule has 2 aromatic rings. The molecule has 0 radical (unpaired) electrons. The molecule has 162 valence electrons. The van der Waals surface area contributed by atoms with E-state index >= 15 is 0 Å². The van der Waals surface area contributed by atoms with E-state index < -0.39 is 11.6 Å². The lowest BCUT2D eigenvalue weighted by atomic mass is 10.1. The Morgan fingerprint density at radius 2 is 1.90 bits per heavy atom. The highest BCUT2D eigenvalue weighted by Gasteiger charge is 2.41. The number of carbonyl (C=O) groups excluding carboxylic acids is 3. The van der Waals surface area contributed by atoms with Gasteiger partial charge >= 0.3 is 6.03 Å². The van der Waals surface area contributed by atoms with Crippen molar-refractivity contribution < 1.29 is 23.9 Å². The summed E-state index contributed by atoms with van der Waals surface area (Å²) in [7, 11) is 0. The van der Waals surface area contributed by atoms with E-state index in [-0.39, 0.29) is 11.8 Å². The van der Waals surface area contributed by atoms with Crippen LogP contribution in [0.2, 0.25) is 0 Å². The highest BCUT2D eigenvalue weighted by Crippen LogP contribution is 2.31. The van der Waals surface area contributed by atoms with Crippen LogP contribution in [0.3, 0.4) is 0 Å². The molecule has 0 spiro atoms. The van der Waals surface area contributed by atoms with Crippen LogP contribution in [0.4, 0.5) is 4.79 Å². The molecule has 0 aliphatic carbocycles. The third-order valence-electron chi connectivity index (χ3n) is 5.07. The fourth-order valence-electron chi connectivity index (χ4n) is 3.34. The first kappa shape index (κ1) is 21.0. The molecule has 2 aromatic carbocycles. The smallest absolute Gasteiger partial charge is 0.322 e. The highest BCUT2D eigenvalue weighted by molar-refractivity contribution is 7.99. The first-order valence-corrected chi connectivity index (χ1v) is 11.0. The summed E-state index contributed by atoms with van der Waals surface area (Å²) < 4.78 is 11.1. The molecule has 1 saturated heterocycles. The van der Waals surface area contributed by atoms with E-state index in [0.29, 0.717) is 37.5 Å². The number of carbonyl (C=O) groups is 3. The monoisotopic (exact) mass is 441 g/mol. The summed E-state index contributed by atoms with van der Waals surface area (Å²) in [5, 5.41) is 7.83. The molecule has 0 bridgehead atoms. The predicted molar refractivity (Wildman–Crippen MR) is 116 cm³/mol. The second-order valence-corrected chi connectivity index (χ2v) is 8.53. The van der Waals surface area contributed by atoms with Gasteiger partial charge in [-0.05, 0) is 43.2 Å². The number of rotatable bonds is 7. The number of urea groups is 1. The predicted octanol–water partition coefficient (Wildman–Crippen LogP) is 2.12. The molecule has 2 aliphatic rings. The molecule has 0 unspecified atom stereocenters. The van der Waals surface area contributed by atoms with Crippen LogP contribution in [0.1, 0.15) is 22.8 Å². The normalized spacial score (nSPS) is 19.5. The first-order chi connectivity index (χ1) is 14.9. The van der Waals surface area contributed by atoms with E-state index in [4.69, 9.17) is 9.47 Å². The van der Waals surface area contributed by atoms with Gasteiger partial charge in [0.1, 0.15) is 18.8 Å². The van der Waals surface area contributed by atoms with Crippen molar-refractivity contribution in [1.82, 2.24) is 16.0 Å². The van der Waals surface area contributed by atoms with Crippen molar-refractivity contribution in [3.05, 3.63) is 53.6 Å². The van der Waals surface area contributed by atoms with E-state index in [1.165, 1.54) is 11.8 Å². The lowest BCUT2D eigenvalue weighted by Gasteiger charge is -2.20.